The van der Waals surface area contributed by atoms with Crippen LogP contribution in [0.2, 0.25) is 0 Å². The Kier molecular flexibility index (Phi) is 3.58. The van der Waals surface area contributed by atoms with Gasteiger partial charge in [0.15, 0.2) is 0 Å². The van der Waals surface area contributed by atoms with Crippen LogP contribution in [0.1, 0.15) is 30.5 Å². The quantitative estimate of drug-likeness (QED) is 0.849. The van der Waals surface area contributed by atoms with Crippen LogP contribution in [0.4, 0.5) is 0 Å². The second-order valence-corrected chi connectivity index (χ2v) is 6.75. The average Bonchev–Trinajstić information content (AvgIpc) is 2.81. The summed E-state index contributed by atoms with van der Waals surface area (Å²) in [7, 11) is 0. The molecule has 19 heavy (non-hydrogen) atoms. The van der Waals surface area contributed by atoms with Crippen LogP contribution in [-0.2, 0) is 16.1 Å². The van der Waals surface area contributed by atoms with Crippen molar-refractivity contribution >= 4 is 17.2 Å². The molecule has 0 bridgehead atoms. The molecule has 2 aliphatic rings. The van der Waals surface area contributed by atoms with Gasteiger partial charge in [-0.2, -0.15) is 0 Å². The number of hydrogen-bond donors (Lipinski definition) is 0. The molecule has 0 radical (unpaired) electrons. The van der Waals surface area contributed by atoms with E-state index in [1.54, 1.807) is 11.3 Å². The molecule has 1 saturated heterocycles. The number of thiazole rings is 1. The van der Waals surface area contributed by atoms with E-state index in [9.17, 15) is 4.79 Å². The monoisotopic (exact) mass is 280 g/mol. The molecule has 5 heteroatoms. The summed E-state index contributed by atoms with van der Waals surface area (Å²) < 4.78 is 5.86. The normalized spacial score (nSPS) is 29.8. The lowest BCUT2D eigenvalue weighted by Gasteiger charge is -2.16. The maximum Gasteiger partial charge on any atom is 0.226 e. The van der Waals surface area contributed by atoms with E-state index in [0.717, 1.165) is 36.6 Å². The summed E-state index contributed by atoms with van der Waals surface area (Å²) in [6.45, 7) is 6.32. The predicted octanol–water partition coefficient (Wildman–Crippen LogP) is 2.23. The van der Waals surface area contributed by atoms with Crippen LogP contribution in [0.3, 0.4) is 0 Å². The van der Waals surface area contributed by atoms with Crippen molar-refractivity contribution in [1.82, 2.24) is 9.88 Å². The summed E-state index contributed by atoms with van der Waals surface area (Å²) in [6.07, 6.45) is 2.20. The van der Waals surface area contributed by atoms with E-state index in [4.69, 9.17) is 4.74 Å². The molecular weight excluding hydrogens is 260 g/mol. The van der Waals surface area contributed by atoms with Gasteiger partial charge in [-0.3, -0.25) is 4.79 Å². The number of rotatable bonds is 4. The Morgan fingerprint density at radius 1 is 1.63 bits per heavy atom. The van der Waals surface area contributed by atoms with Crippen molar-refractivity contribution in [2.24, 2.45) is 11.8 Å². The lowest BCUT2D eigenvalue weighted by atomic mass is 10.3. The Balaban J connectivity index is 1.45. The van der Waals surface area contributed by atoms with Crippen LogP contribution in [0.25, 0.3) is 0 Å². The van der Waals surface area contributed by atoms with E-state index < -0.39 is 0 Å². The predicted molar refractivity (Wildman–Crippen MR) is 73.9 cm³/mol. The van der Waals surface area contributed by atoms with E-state index in [1.807, 2.05) is 17.2 Å². The molecule has 3 unspecified atom stereocenters. The smallest absolute Gasteiger partial charge is 0.226 e. The molecule has 2 fully saturated rings. The number of aromatic nitrogens is 1. The summed E-state index contributed by atoms with van der Waals surface area (Å²) in [5.74, 6) is 1.22. The largest absolute Gasteiger partial charge is 0.370 e. The van der Waals surface area contributed by atoms with Gasteiger partial charge in [0.25, 0.3) is 0 Å². The van der Waals surface area contributed by atoms with Gasteiger partial charge in [0.1, 0.15) is 0 Å². The van der Waals surface area contributed by atoms with Crippen molar-refractivity contribution < 1.29 is 9.53 Å². The van der Waals surface area contributed by atoms with Crippen molar-refractivity contribution in [1.29, 1.82) is 0 Å². The third-order valence-corrected chi connectivity index (χ3v) is 4.84. The molecule has 2 heterocycles. The topological polar surface area (TPSA) is 42.4 Å². The van der Waals surface area contributed by atoms with Crippen LogP contribution in [0.15, 0.2) is 5.38 Å². The standard InChI is InChI=1S/C14H20N2O2S/c1-9-5-13(9)14(17)16-4-3-12(6-16)18-7-11-8-19-10(2)15-11/h8-9,12-13H,3-7H2,1-2H3. The highest BCUT2D eigenvalue weighted by atomic mass is 32.1. The molecule has 1 aromatic heterocycles. The highest BCUT2D eigenvalue weighted by Gasteiger charge is 2.43. The van der Waals surface area contributed by atoms with E-state index >= 15 is 0 Å². The van der Waals surface area contributed by atoms with Crippen molar-refractivity contribution in [3.05, 3.63) is 16.1 Å². The first-order valence-corrected chi connectivity index (χ1v) is 7.83. The highest BCUT2D eigenvalue weighted by Crippen LogP contribution is 2.39. The minimum atomic E-state index is 0.181. The molecule has 0 N–H and O–H groups in total. The molecule has 3 atom stereocenters. The van der Waals surface area contributed by atoms with Gasteiger partial charge < -0.3 is 9.64 Å². The second-order valence-electron chi connectivity index (χ2n) is 5.68. The minimum absolute atomic E-state index is 0.181. The third kappa shape index (κ3) is 2.98. The fourth-order valence-electron chi connectivity index (χ4n) is 2.64. The van der Waals surface area contributed by atoms with Gasteiger partial charge in [-0.1, -0.05) is 6.92 Å². The molecule has 1 aliphatic carbocycles. The van der Waals surface area contributed by atoms with E-state index in [-0.39, 0.29) is 6.10 Å². The number of aryl methyl sites for hydroxylation is 1. The maximum atomic E-state index is 12.1. The van der Waals surface area contributed by atoms with Crippen LogP contribution in [0.5, 0.6) is 0 Å². The Labute approximate surface area is 117 Å². The zero-order chi connectivity index (χ0) is 13.4. The summed E-state index contributed by atoms with van der Waals surface area (Å²) in [5, 5.41) is 3.11. The van der Waals surface area contributed by atoms with Gasteiger partial charge in [-0.05, 0) is 25.7 Å². The molecule has 4 nitrogen and oxygen atoms in total. The van der Waals surface area contributed by atoms with Crippen molar-refractivity contribution in [3.63, 3.8) is 0 Å². The van der Waals surface area contributed by atoms with Crippen LogP contribution < -0.4 is 0 Å². The Hall–Kier alpha value is -0.940. The Morgan fingerprint density at radius 2 is 2.42 bits per heavy atom. The number of ether oxygens (including phenoxy) is 1. The number of carbonyl (C=O) groups excluding carboxylic acids is 1. The van der Waals surface area contributed by atoms with Gasteiger partial charge in [0.2, 0.25) is 5.91 Å². The first kappa shape index (κ1) is 13.1. The van der Waals surface area contributed by atoms with Crippen LogP contribution >= 0.6 is 11.3 Å². The number of nitrogens with zero attached hydrogens (tertiary/aromatic N) is 2. The second kappa shape index (κ2) is 5.21. The SMILES string of the molecule is Cc1nc(COC2CCN(C(=O)C3CC3C)C2)cs1. The van der Waals surface area contributed by atoms with Gasteiger partial charge in [-0.15, -0.1) is 11.3 Å². The van der Waals surface area contributed by atoms with Gasteiger partial charge >= 0.3 is 0 Å². The molecule has 104 valence electrons. The van der Waals surface area contributed by atoms with Crippen molar-refractivity contribution in [2.45, 2.75) is 39.4 Å². The number of likely N-dealkylation sites (tertiary alicyclic amines) is 1. The number of carbonyl (C=O) groups is 1. The number of amides is 1. The fourth-order valence-corrected chi connectivity index (χ4v) is 3.24. The molecule has 1 amide bonds. The van der Waals surface area contributed by atoms with E-state index in [2.05, 4.69) is 11.9 Å². The molecule has 1 aromatic rings. The molecular formula is C14H20N2O2S. The van der Waals surface area contributed by atoms with Crippen LogP contribution in [0, 0.1) is 18.8 Å². The third-order valence-electron chi connectivity index (χ3n) is 4.02. The summed E-state index contributed by atoms with van der Waals surface area (Å²) >= 11 is 1.65. The van der Waals surface area contributed by atoms with Crippen molar-refractivity contribution in [2.75, 3.05) is 13.1 Å². The molecule has 0 aromatic carbocycles. The molecule has 0 spiro atoms. The van der Waals surface area contributed by atoms with Crippen molar-refractivity contribution in [3.8, 4) is 0 Å². The van der Waals surface area contributed by atoms with Crippen LogP contribution in [-0.4, -0.2) is 35.0 Å². The Bertz CT molecular complexity index is 474. The molecule has 3 rings (SSSR count). The summed E-state index contributed by atoms with van der Waals surface area (Å²) in [6, 6.07) is 0. The molecule has 1 aliphatic heterocycles. The fraction of sp³-hybridized carbons (Fsp3) is 0.714. The highest BCUT2D eigenvalue weighted by molar-refractivity contribution is 7.09. The lowest BCUT2D eigenvalue weighted by Crippen LogP contribution is -2.31. The van der Waals surface area contributed by atoms with Gasteiger partial charge in [0, 0.05) is 24.4 Å². The zero-order valence-corrected chi connectivity index (χ0v) is 12.3. The first-order chi connectivity index (χ1) is 9.13. The average molecular weight is 280 g/mol. The molecule has 1 saturated carbocycles. The van der Waals surface area contributed by atoms with Gasteiger partial charge in [-0.25, -0.2) is 4.98 Å². The minimum Gasteiger partial charge on any atom is -0.370 e. The maximum absolute atomic E-state index is 12.1. The summed E-state index contributed by atoms with van der Waals surface area (Å²) in [4.78, 5) is 18.5. The summed E-state index contributed by atoms with van der Waals surface area (Å²) in [5.41, 5.74) is 1.00. The first-order valence-electron chi connectivity index (χ1n) is 6.95. The van der Waals surface area contributed by atoms with E-state index in [1.165, 1.54) is 0 Å². The Morgan fingerprint density at radius 3 is 3.05 bits per heavy atom. The number of hydrogen-bond acceptors (Lipinski definition) is 4. The van der Waals surface area contributed by atoms with Gasteiger partial charge in [0.05, 0.1) is 23.4 Å². The van der Waals surface area contributed by atoms with E-state index in [0.29, 0.717) is 24.3 Å². The zero-order valence-electron chi connectivity index (χ0n) is 11.5. The lowest BCUT2D eigenvalue weighted by molar-refractivity contribution is -0.132.